The predicted molar refractivity (Wildman–Crippen MR) is 179 cm³/mol. The zero-order valence-electron chi connectivity index (χ0n) is 26.4. The number of rotatable bonds is 12. The minimum absolute atomic E-state index is 0.130. The van der Waals surface area contributed by atoms with Crippen LogP contribution in [0.3, 0.4) is 0 Å². The first-order valence-electron chi connectivity index (χ1n) is 15.9. The van der Waals surface area contributed by atoms with E-state index in [0.29, 0.717) is 6.20 Å². The maximum absolute atomic E-state index is 14.0. The molecule has 0 aliphatic rings. The topological polar surface area (TPSA) is 109 Å². The second-order valence-electron chi connectivity index (χ2n) is 11.3. The fourth-order valence-corrected chi connectivity index (χ4v) is 5.42. The number of carboxylic acid groups (broad SMARTS) is 1. The smallest absolute Gasteiger partial charge is 0.434 e. The monoisotopic (exact) mass is 660 g/mol. The number of carboxylic acids is 1. The van der Waals surface area contributed by atoms with E-state index >= 15 is 0 Å². The van der Waals surface area contributed by atoms with Crippen molar-refractivity contribution >= 4 is 27.8 Å². The Morgan fingerprint density at radius 2 is 1.69 bits per heavy atom. The summed E-state index contributed by atoms with van der Waals surface area (Å²) < 4.78 is 54.2. The summed E-state index contributed by atoms with van der Waals surface area (Å²) in [7, 11) is 0. The first-order valence-corrected chi connectivity index (χ1v) is 15.9. The summed E-state index contributed by atoms with van der Waals surface area (Å²) in [5, 5.41) is 10.8. The quantitative estimate of drug-likeness (QED) is 0.0891. The number of halogens is 4. The van der Waals surface area contributed by atoms with Gasteiger partial charge in [-0.25, -0.2) is 19.2 Å². The number of H-pyrrole nitrogens is 1. The number of nitrogens with zero attached hydrogens (tertiary/aromatic N) is 4. The van der Waals surface area contributed by atoms with Crippen molar-refractivity contribution in [3.8, 4) is 22.8 Å². The molecule has 250 valence electrons. The average molecular weight is 661 g/mol. The summed E-state index contributed by atoms with van der Waals surface area (Å²) >= 11 is 0. The van der Waals surface area contributed by atoms with Gasteiger partial charge in [-0.05, 0) is 48.9 Å². The van der Waals surface area contributed by atoms with Crippen LogP contribution in [0.1, 0.15) is 67.9 Å². The lowest BCUT2D eigenvalue weighted by Gasteiger charge is -2.09. The van der Waals surface area contributed by atoms with Crippen LogP contribution in [0.25, 0.3) is 44.6 Å². The van der Waals surface area contributed by atoms with E-state index in [4.69, 9.17) is 5.11 Å². The minimum Gasteiger partial charge on any atom is -0.478 e. The van der Waals surface area contributed by atoms with Gasteiger partial charge in [-0.2, -0.15) is 13.2 Å². The molecule has 0 aliphatic carbocycles. The van der Waals surface area contributed by atoms with Gasteiger partial charge in [-0.1, -0.05) is 69.7 Å². The summed E-state index contributed by atoms with van der Waals surface area (Å²) in [6.07, 6.45) is 8.24. The largest absolute Gasteiger partial charge is 0.478 e. The van der Waals surface area contributed by atoms with E-state index in [9.17, 15) is 22.4 Å². The lowest BCUT2D eigenvalue weighted by Crippen LogP contribution is -2.16. The molecule has 6 aromatic rings. The Morgan fingerprint density at radius 1 is 0.938 bits per heavy atom. The van der Waals surface area contributed by atoms with Gasteiger partial charge in [0.1, 0.15) is 17.1 Å². The number of nitrogens with one attached hydrogen (secondary N) is 2. The third kappa shape index (κ3) is 8.36. The van der Waals surface area contributed by atoms with E-state index in [-0.39, 0.29) is 17.3 Å². The first kappa shape index (κ1) is 34.1. The van der Waals surface area contributed by atoms with Crippen molar-refractivity contribution < 1.29 is 27.5 Å². The van der Waals surface area contributed by atoms with Crippen molar-refractivity contribution in [3.05, 3.63) is 102 Å². The molecule has 4 aromatic heterocycles. The molecule has 0 spiro atoms. The van der Waals surface area contributed by atoms with Crippen molar-refractivity contribution in [1.82, 2.24) is 24.6 Å². The van der Waals surface area contributed by atoms with E-state index in [1.54, 1.807) is 18.2 Å². The zero-order valence-corrected chi connectivity index (χ0v) is 26.4. The number of aromatic amines is 1. The summed E-state index contributed by atoms with van der Waals surface area (Å²) in [6, 6.07) is 19.9. The van der Waals surface area contributed by atoms with Crippen molar-refractivity contribution in [2.45, 2.75) is 58.0 Å². The lowest BCUT2D eigenvalue weighted by atomic mass is 10.1. The minimum atomic E-state index is -4.87. The number of para-hydroxylation sites is 1. The van der Waals surface area contributed by atoms with Crippen LogP contribution in [0.5, 0.6) is 0 Å². The Hall–Kier alpha value is -5.26. The molecule has 0 bridgehead atoms. The molecule has 0 amide bonds. The lowest BCUT2D eigenvalue weighted by molar-refractivity contribution is -0.141. The number of aromatic carboxylic acids is 1. The summed E-state index contributed by atoms with van der Waals surface area (Å²) in [5.41, 5.74) is 5.28. The van der Waals surface area contributed by atoms with Crippen LogP contribution in [-0.4, -0.2) is 42.2 Å². The Morgan fingerprint density at radius 3 is 2.40 bits per heavy atom. The fourth-order valence-electron chi connectivity index (χ4n) is 5.42. The van der Waals surface area contributed by atoms with Gasteiger partial charge < -0.3 is 15.5 Å². The number of hydrogen-bond acceptors (Lipinski definition) is 5. The maximum atomic E-state index is 14.0. The van der Waals surface area contributed by atoms with Crippen molar-refractivity contribution in [2.24, 2.45) is 0 Å². The van der Waals surface area contributed by atoms with Crippen LogP contribution < -0.4 is 5.43 Å². The van der Waals surface area contributed by atoms with Crippen LogP contribution in [-0.2, 0) is 6.18 Å². The van der Waals surface area contributed by atoms with Gasteiger partial charge >= 0.3 is 12.1 Å². The van der Waals surface area contributed by atoms with Crippen molar-refractivity contribution in [1.29, 1.82) is 0 Å². The molecule has 4 heterocycles. The van der Waals surface area contributed by atoms with Crippen molar-refractivity contribution in [3.63, 3.8) is 0 Å². The number of fused-ring (bicyclic) bond motifs is 2. The van der Waals surface area contributed by atoms with Gasteiger partial charge in [0, 0.05) is 52.7 Å². The molecule has 0 saturated heterocycles. The highest BCUT2D eigenvalue weighted by Gasteiger charge is 2.38. The molecule has 0 atom stereocenters. The van der Waals surface area contributed by atoms with Gasteiger partial charge in [0.25, 0.3) is 0 Å². The number of hydrogen-bond donors (Lipinski definition) is 3. The highest BCUT2D eigenvalue weighted by Crippen LogP contribution is 2.33. The standard InChI is InChI=1S/C25H30FN3.C11H6F3N3O2/c1-2-3-4-5-6-7-10-15-27-29-18-22(21-17-20(26)13-14-25(21)29)24-16-19-11-8-9-12-23(19)28-24;12-11(13,14)8-6(10(18)19)5-16-9(17-8)7-3-1-2-4-15-7/h8-9,11-14,16-18,27-28H,2-7,10,15H2,1H3;1-5H,(H,18,19). The van der Waals surface area contributed by atoms with E-state index in [2.05, 4.69) is 56.7 Å². The molecule has 0 aliphatic heterocycles. The van der Waals surface area contributed by atoms with Crippen LogP contribution in [0.15, 0.2) is 85.3 Å². The van der Waals surface area contributed by atoms with Crippen LogP contribution in [0.2, 0.25) is 0 Å². The highest BCUT2D eigenvalue weighted by molar-refractivity contribution is 5.98. The molecule has 3 N–H and O–H groups in total. The summed E-state index contributed by atoms with van der Waals surface area (Å²) in [4.78, 5) is 24.8. The average Bonchev–Trinajstić information content (AvgIpc) is 3.67. The fraction of sp³-hybridized carbons (Fsp3) is 0.278. The molecule has 0 saturated carbocycles. The molecule has 48 heavy (non-hydrogen) atoms. The predicted octanol–water partition coefficient (Wildman–Crippen LogP) is 9.48. The molecular formula is C36H36F4N6O2. The Labute approximate surface area is 274 Å². The molecule has 6 rings (SSSR count). The van der Waals surface area contributed by atoms with Crippen molar-refractivity contribution in [2.75, 3.05) is 12.0 Å². The number of aromatic nitrogens is 5. The molecule has 0 fully saturated rings. The number of pyridine rings is 1. The summed E-state index contributed by atoms with van der Waals surface area (Å²) in [6.45, 7) is 3.17. The van der Waals surface area contributed by atoms with Crippen LogP contribution in [0, 0.1) is 5.82 Å². The van der Waals surface area contributed by atoms with Crippen LogP contribution >= 0.6 is 0 Å². The number of carbonyl (C=O) groups is 1. The third-order valence-electron chi connectivity index (χ3n) is 7.83. The van der Waals surface area contributed by atoms with E-state index in [1.807, 2.05) is 22.9 Å². The molecular weight excluding hydrogens is 624 g/mol. The van der Waals surface area contributed by atoms with E-state index < -0.39 is 23.4 Å². The maximum Gasteiger partial charge on any atom is 0.434 e. The molecule has 8 nitrogen and oxygen atoms in total. The van der Waals surface area contributed by atoms with E-state index in [1.165, 1.54) is 56.9 Å². The molecule has 0 unspecified atom stereocenters. The van der Waals surface area contributed by atoms with E-state index in [0.717, 1.165) is 46.0 Å². The van der Waals surface area contributed by atoms with Gasteiger partial charge in [0.05, 0.1) is 5.52 Å². The van der Waals surface area contributed by atoms with Gasteiger partial charge in [-0.3, -0.25) is 9.66 Å². The normalized spacial score (nSPS) is 11.4. The zero-order chi connectivity index (χ0) is 34.1. The Bertz CT molecular complexity index is 1940. The van der Waals surface area contributed by atoms with Crippen LogP contribution in [0.4, 0.5) is 17.6 Å². The Balaban J connectivity index is 0.000000206. The number of alkyl halides is 3. The molecule has 2 aromatic carbocycles. The third-order valence-corrected chi connectivity index (χ3v) is 7.83. The van der Waals surface area contributed by atoms with Gasteiger partial charge in [0.2, 0.25) is 0 Å². The SMILES string of the molecule is CCCCCCCCCNn1cc(-c2cc3ccccc3[nH]2)c2cc(F)ccc21.O=C(O)c1cnc(-c2ccccn2)nc1C(F)(F)F. The second-order valence-corrected chi connectivity index (χ2v) is 11.3. The van der Waals surface area contributed by atoms with Gasteiger partial charge in [0.15, 0.2) is 11.5 Å². The summed E-state index contributed by atoms with van der Waals surface area (Å²) in [5.74, 6) is -2.22. The van der Waals surface area contributed by atoms with Gasteiger partial charge in [-0.15, -0.1) is 0 Å². The Kier molecular flexibility index (Phi) is 11.0. The highest BCUT2D eigenvalue weighted by atomic mass is 19.4. The first-order chi connectivity index (χ1) is 23.2. The molecule has 12 heteroatoms. The molecule has 0 radical (unpaired) electrons. The number of unbranched alkanes of at least 4 members (excludes halogenated alkanes) is 6. The number of benzene rings is 2. The second kappa shape index (κ2) is 15.6.